The van der Waals surface area contributed by atoms with Gasteiger partial charge in [0.25, 0.3) is 0 Å². The van der Waals surface area contributed by atoms with Crippen LogP contribution in [0.3, 0.4) is 0 Å². The molecule has 1 saturated carbocycles. The zero-order chi connectivity index (χ0) is 7.72. The van der Waals surface area contributed by atoms with E-state index >= 15 is 0 Å². The minimum atomic E-state index is -0.125. The monoisotopic (exact) mass is 143 g/mol. The summed E-state index contributed by atoms with van der Waals surface area (Å²) in [4.78, 5) is 0. The molecule has 0 aromatic carbocycles. The molecule has 0 aromatic heterocycles. The Balaban J connectivity index is 2.49. The predicted octanol–water partition coefficient (Wildman–Crippen LogP) is 0.741. The zero-order valence-electron chi connectivity index (χ0n) is 6.75. The summed E-state index contributed by atoms with van der Waals surface area (Å²) in [6, 6.07) is 0.313. The van der Waals surface area contributed by atoms with Crippen LogP contribution in [0.2, 0.25) is 0 Å². The van der Waals surface area contributed by atoms with E-state index in [0.717, 1.165) is 12.8 Å². The highest BCUT2D eigenvalue weighted by molar-refractivity contribution is 4.83. The lowest BCUT2D eigenvalue weighted by molar-refractivity contribution is 0.0262. The van der Waals surface area contributed by atoms with Crippen LogP contribution in [-0.4, -0.2) is 17.3 Å². The highest BCUT2D eigenvalue weighted by Crippen LogP contribution is 2.27. The van der Waals surface area contributed by atoms with Gasteiger partial charge < -0.3 is 10.8 Å². The topological polar surface area (TPSA) is 46.2 Å². The lowest BCUT2D eigenvalue weighted by Gasteiger charge is -2.34. The normalized spacial score (nSPS) is 49.2. The maximum Gasteiger partial charge on any atom is 0.0592 e. The molecule has 0 saturated heterocycles. The number of nitrogens with two attached hydrogens (primary N) is 1. The third-order valence-corrected chi connectivity index (χ3v) is 2.52. The Labute approximate surface area is 62.4 Å². The minimum absolute atomic E-state index is 0.125. The summed E-state index contributed by atoms with van der Waals surface area (Å²) in [7, 11) is 0. The van der Waals surface area contributed by atoms with E-state index in [1.54, 1.807) is 0 Å². The van der Waals surface area contributed by atoms with Crippen LogP contribution in [0.5, 0.6) is 0 Å². The number of aliphatic hydroxyl groups is 1. The zero-order valence-corrected chi connectivity index (χ0v) is 6.75. The number of hydrogen-bond donors (Lipinski definition) is 2. The molecule has 2 unspecified atom stereocenters. The third-order valence-electron chi connectivity index (χ3n) is 2.52. The molecule has 0 aliphatic heterocycles. The van der Waals surface area contributed by atoms with E-state index in [4.69, 9.17) is 5.73 Å². The van der Waals surface area contributed by atoms with E-state index in [2.05, 4.69) is 13.8 Å². The van der Waals surface area contributed by atoms with Crippen molar-refractivity contribution in [3.05, 3.63) is 0 Å². The van der Waals surface area contributed by atoms with Gasteiger partial charge in [0.2, 0.25) is 0 Å². The smallest absolute Gasteiger partial charge is 0.0592 e. The summed E-state index contributed by atoms with van der Waals surface area (Å²) in [5.41, 5.74) is 5.77. The molecular formula is C8H17NO. The second kappa shape index (κ2) is 2.89. The van der Waals surface area contributed by atoms with Gasteiger partial charge in [-0.15, -0.1) is 0 Å². The van der Waals surface area contributed by atoms with Crippen molar-refractivity contribution in [1.82, 2.24) is 0 Å². The maximum atomic E-state index is 9.51. The van der Waals surface area contributed by atoms with Gasteiger partial charge in [0.05, 0.1) is 6.10 Å². The molecule has 0 radical (unpaired) electrons. The van der Waals surface area contributed by atoms with Gasteiger partial charge in [0.15, 0.2) is 0 Å². The first kappa shape index (κ1) is 8.02. The predicted molar refractivity (Wildman–Crippen MR) is 41.5 cm³/mol. The molecule has 3 N–H and O–H groups in total. The van der Waals surface area contributed by atoms with Crippen LogP contribution in [0.4, 0.5) is 0 Å². The van der Waals surface area contributed by atoms with Crippen molar-refractivity contribution in [3.63, 3.8) is 0 Å². The quantitative estimate of drug-likeness (QED) is 0.525. The first-order valence-electron chi connectivity index (χ1n) is 4.05. The van der Waals surface area contributed by atoms with Crippen LogP contribution < -0.4 is 5.73 Å². The Morgan fingerprint density at radius 3 is 2.00 bits per heavy atom. The van der Waals surface area contributed by atoms with E-state index < -0.39 is 0 Å². The molecule has 0 amide bonds. The lowest BCUT2D eigenvalue weighted by atomic mass is 9.78. The van der Waals surface area contributed by atoms with E-state index in [1.165, 1.54) is 0 Å². The van der Waals surface area contributed by atoms with Crippen molar-refractivity contribution in [2.24, 2.45) is 17.6 Å². The fourth-order valence-electron chi connectivity index (χ4n) is 1.89. The molecule has 0 heterocycles. The van der Waals surface area contributed by atoms with Crippen LogP contribution in [0.25, 0.3) is 0 Å². The molecule has 1 fully saturated rings. The first-order chi connectivity index (χ1) is 4.61. The van der Waals surface area contributed by atoms with Crippen molar-refractivity contribution >= 4 is 0 Å². The average Bonchev–Trinajstić information content (AvgIpc) is 1.82. The largest absolute Gasteiger partial charge is 0.393 e. The molecule has 2 atom stereocenters. The number of aliphatic hydroxyl groups excluding tert-OH is 1. The Hall–Kier alpha value is -0.0800. The summed E-state index contributed by atoms with van der Waals surface area (Å²) in [6.07, 6.45) is 1.83. The first-order valence-corrected chi connectivity index (χ1v) is 4.05. The van der Waals surface area contributed by atoms with Gasteiger partial charge in [-0.3, -0.25) is 0 Å². The minimum Gasteiger partial charge on any atom is -0.393 e. The van der Waals surface area contributed by atoms with Gasteiger partial charge in [-0.1, -0.05) is 13.8 Å². The SMILES string of the molecule is CC1CC(N)CC(C)C1O. The standard InChI is InChI=1S/C8H17NO/c1-5-3-7(9)4-6(2)8(5)10/h5-8,10H,3-4,9H2,1-2H3. The molecular weight excluding hydrogens is 126 g/mol. The van der Waals surface area contributed by atoms with E-state index in [-0.39, 0.29) is 6.10 Å². The molecule has 2 nitrogen and oxygen atoms in total. The van der Waals surface area contributed by atoms with E-state index in [1.807, 2.05) is 0 Å². The molecule has 10 heavy (non-hydrogen) atoms. The highest BCUT2D eigenvalue weighted by Gasteiger charge is 2.29. The lowest BCUT2D eigenvalue weighted by Crippen LogP contribution is -2.40. The van der Waals surface area contributed by atoms with Gasteiger partial charge in [-0.2, -0.15) is 0 Å². The summed E-state index contributed by atoms with van der Waals surface area (Å²) in [5.74, 6) is 0.775. The van der Waals surface area contributed by atoms with Gasteiger partial charge in [-0.25, -0.2) is 0 Å². The van der Waals surface area contributed by atoms with Crippen LogP contribution in [0.15, 0.2) is 0 Å². The molecule has 1 aliphatic rings. The third kappa shape index (κ3) is 1.50. The number of hydrogen-bond acceptors (Lipinski definition) is 2. The summed E-state index contributed by atoms with van der Waals surface area (Å²) in [5, 5.41) is 9.51. The van der Waals surface area contributed by atoms with Gasteiger partial charge >= 0.3 is 0 Å². The highest BCUT2D eigenvalue weighted by atomic mass is 16.3. The summed E-state index contributed by atoms with van der Waals surface area (Å²) >= 11 is 0. The molecule has 0 spiro atoms. The Bertz CT molecular complexity index is 104. The second-order valence-corrected chi connectivity index (χ2v) is 3.68. The van der Waals surface area contributed by atoms with Crippen molar-refractivity contribution in [2.45, 2.75) is 38.8 Å². The van der Waals surface area contributed by atoms with Crippen LogP contribution in [-0.2, 0) is 0 Å². The van der Waals surface area contributed by atoms with Crippen molar-refractivity contribution in [3.8, 4) is 0 Å². The summed E-state index contributed by atoms with van der Waals surface area (Å²) in [6.45, 7) is 4.14. The molecule has 2 heteroatoms. The van der Waals surface area contributed by atoms with Crippen LogP contribution in [0.1, 0.15) is 26.7 Å². The van der Waals surface area contributed by atoms with Crippen LogP contribution in [0, 0.1) is 11.8 Å². The van der Waals surface area contributed by atoms with E-state index in [0.29, 0.717) is 17.9 Å². The fourth-order valence-corrected chi connectivity index (χ4v) is 1.89. The average molecular weight is 143 g/mol. The van der Waals surface area contributed by atoms with Crippen molar-refractivity contribution < 1.29 is 5.11 Å². The Kier molecular flexibility index (Phi) is 2.32. The molecule has 60 valence electrons. The van der Waals surface area contributed by atoms with E-state index in [9.17, 15) is 5.11 Å². The Morgan fingerprint density at radius 1 is 1.20 bits per heavy atom. The molecule has 0 bridgehead atoms. The van der Waals surface area contributed by atoms with Gasteiger partial charge in [0.1, 0.15) is 0 Å². The van der Waals surface area contributed by atoms with Crippen molar-refractivity contribution in [2.75, 3.05) is 0 Å². The molecule has 1 rings (SSSR count). The van der Waals surface area contributed by atoms with Crippen LogP contribution >= 0.6 is 0 Å². The fraction of sp³-hybridized carbons (Fsp3) is 1.00. The van der Waals surface area contributed by atoms with Crippen molar-refractivity contribution in [1.29, 1.82) is 0 Å². The van der Waals surface area contributed by atoms with Gasteiger partial charge in [-0.05, 0) is 24.7 Å². The molecule has 0 aromatic rings. The summed E-state index contributed by atoms with van der Waals surface area (Å²) < 4.78 is 0. The second-order valence-electron chi connectivity index (χ2n) is 3.68. The van der Waals surface area contributed by atoms with Gasteiger partial charge in [0, 0.05) is 6.04 Å². The maximum absolute atomic E-state index is 9.51. The number of rotatable bonds is 0. The molecule has 1 aliphatic carbocycles. The Morgan fingerprint density at radius 2 is 1.60 bits per heavy atom.